The van der Waals surface area contributed by atoms with Gasteiger partial charge >= 0.3 is 0 Å². The zero-order valence-electron chi connectivity index (χ0n) is 15.5. The summed E-state index contributed by atoms with van der Waals surface area (Å²) in [7, 11) is 0. The van der Waals surface area contributed by atoms with E-state index in [0.29, 0.717) is 23.4 Å². The number of hydrogen-bond acceptors (Lipinski definition) is 4. The number of allylic oxidation sites excluding steroid dienone is 2. The van der Waals surface area contributed by atoms with E-state index in [0.717, 1.165) is 5.56 Å². The zero-order valence-corrected chi connectivity index (χ0v) is 15.5. The molecule has 2 N–H and O–H groups in total. The van der Waals surface area contributed by atoms with Crippen molar-refractivity contribution in [1.82, 2.24) is 0 Å². The van der Waals surface area contributed by atoms with Crippen molar-refractivity contribution in [3.8, 4) is 0 Å². The molecule has 0 aliphatic heterocycles. The lowest BCUT2D eigenvalue weighted by Crippen LogP contribution is -2.41. The van der Waals surface area contributed by atoms with Crippen molar-refractivity contribution < 1.29 is 19.5 Å². The molecule has 2 atom stereocenters. The molecule has 0 radical (unpaired) electrons. The van der Waals surface area contributed by atoms with E-state index in [1.54, 1.807) is 42.5 Å². The standard InChI is InChI=1S/C22H22N2O4/c1-14-7-6-8-15(13-14)23-21(26)18-11-4-5-12-19(18)24-20(25)16-9-2-3-10-17(16)22(27)28/h2-8,11-13,16-17H,9-10H2,1H3,(H,23,26)(H,24,25)(H,27,28)/p-1/t16-,17+/m0/s1. The number of carboxylic acid groups (broad SMARTS) is 1. The summed E-state index contributed by atoms with van der Waals surface area (Å²) in [5, 5.41) is 16.9. The minimum atomic E-state index is -1.24. The number of amides is 2. The van der Waals surface area contributed by atoms with Crippen LogP contribution >= 0.6 is 0 Å². The number of aliphatic carboxylic acids is 1. The fraction of sp³-hybridized carbons (Fsp3) is 0.227. The number of para-hydroxylation sites is 1. The molecular weight excluding hydrogens is 356 g/mol. The summed E-state index contributed by atoms with van der Waals surface area (Å²) in [6.07, 6.45) is 4.12. The maximum atomic E-state index is 12.7. The molecule has 6 heteroatoms. The third-order valence-electron chi connectivity index (χ3n) is 4.78. The molecule has 0 aromatic heterocycles. The maximum absolute atomic E-state index is 12.7. The second-order valence-corrected chi connectivity index (χ2v) is 6.83. The van der Waals surface area contributed by atoms with Gasteiger partial charge in [0.2, 0.25) is 5.91 Å². The Balaban J connectivity index is 1.78. The first kappa shape index (κ1) is 19.4. The number of hydrogen-bond donors (Lipinski definition) is 2. The molecule has 1 aliphatic carbocycles. The van der Waals surface area contributed by atoms with Crippen molar-refractivity contribution in [2.75, 3.05) is 10.6 Å². The van der Waals surface area contributed by atoms with Gasteiger partial charge in [-0.15, -0.1) is 0 Å². The number of rotatable bonds is 5. The molecule has 0 bridgehead atoms. The largest absolute Gasteiger partial charge is 0.550 e. The van der Waals surface area contributed by atoms with Crippen molar-refractivity contribution in [1.29, 1.82) is 0 Å². The fourth-order valence-electron chi connectivity index (χ4n) is 3.30. The molecule has 0 heterocycles. The summed E-state index contributed by atoms with van der Waals surface area (Å²) in [5.74, 6) is -3.65. The van der Waals surface area contributed by atoms with Gasteiger partial charge in [0, 0.05) is 17.6 Å². The van der Waals surface area contributed by atoms with Crippen LogP contribution in [0.5, 0.6) is 0 Å². The van der Waals surface area contributed by atoms with Crippen LogP contribution in [0, 0.1) is 18.8 Å². The Morgan fingerprint density at radius 2 is 1.64 bits per heavy atom. The summed E-state index contributed by atoms with van der Waals surface area (Å²) in [4.78, 5) is 36.7. The Kier molecular flexibility index (Phi) is 5.89. The van der Waals surface area contributed by atoms with Crippen LogP contribution in [0.3, 0.4) is 0 Å². The number of anilines is 2. The second kappa shape index (κ2) is 8.52. The first-order valence-electron chi connectivity index (χ1n) is 9.09. The Morgan fingerprint density at radius 3 is 2.36 bits per heavy atom. The average Bonchev–Trinajstić information content (AvgIpc) is 2.68. The van der Waals surface area contributed by atoms with Crippen LogP contribution < -0.4 is 15.7 Å². The van der Waals surface area contributed by atoms with E-state index < -0.39 is 23.7 Å². The topological polar surface area (TPSA) is 98.3 Å². The molecule has 0 saturated carbocycles. The van der Waals surface area contributed by atoms with E-state index in [2.05, 4.69) is 10.6 Å². The predicted molar refractivity (Wildman–Crippen MR) is 105 cm³/mol. The van der Waals surface area contributed by atoms with E-state index in [-0.39, 0.29) is 12.3 Å². The molecule has 144 valence electrons. The van der Waals surface area contributed by atoms with Gasteiger partial charge in [0.25, 0.3) is 5.91 Å². The lowest BCUT2D eigenvalue weighted by atomic mass is 9.82. The van der Waals surface area contributed by atoms with E-state index in [1.165, 1.54) is 0 Å². The third-order valence-corrected chi connectivity index (χ3v) is 4.78. The lowest BCUT2D eigenvalue weighted by molar-refractivity contribution is -0.313. The SMILES string of the molecule is Cc1cccc(NC(=O)c2ccccc2NC(=O)[C@H]2CC=CC[C@H]2C(=O)[O-])c1. The van der Waals surface area contributed by atoms with Gasteiger partial charge in [-0.25, -0.2) is 0 Å². The van der Waals surface area contributed by atoms with Gasteiger partial charge in [-0.05, 0) is 49.6 Å². The van der Waals surface area contributed by atoms with Crippen LogP contribution in [0.2, 0.25) is 0 Å². The quantitative estimate of drug-likeness (QED) is 0.782. The number of carboxylic acids is 1. The van der Waals surface area contributed by atoms with Crippen molar-refractivity contribution in [2.24, 2.45) is 11.8 Å². The van der Waals surface area contributed by atoms with E-state index in [1.807, 2.05) is 25.1 Å². The number of carbonyl (C=O) groups is 3. The maximum Gasteiger partial charge on any atom is 0.257 e. The molecule has 1 aliphatic rings. The monoisotopic (exact) mass is 377 g/mol. The number of benzene rings is 2. The predicted octanol–water partition coefficient (Wildman–Crippen LogP) is 2.52. The third kappa shape index (κ3) is 4.46. The van der Waals surface area contributed by atoms with Crippen LogP contribution in [0.15, 0.2) is 60.7 Å². The second-order valence-electron chi connectivity index (χ2n) is 6.83. The van der Waals surface area contributed by atoms with Gasteiger partial charge < -0.3 is 20.5 Å². The number of nitrogens with one attached hydrogen (secondary N) is 2. The highest BCUT2D eigenvalue weighted by Crippen LogP contribution is 2.27. The molecular formula is C22H21N2O4-. The molecule has 6 nitrogen and oxygen atoms in total. The molecule has 0 fully saturated rings. The molecule has 0 saturated heterocycles. The van der Waals surface area contributed by atoms with Crippen molar-refractivity contribution in [3.05, 3.63) is 71.8 Å². The highest BCUT2D eigenvalue weighted by molar-refractivity contribution is 6.10. The van der Waals surface area contributed by atoms with Crippen molar-refractivity contribution in [3.63, 3.8) is 0 Å². The minimum absolute atomic E-state index is 0.260. The van der Waals surface area contributed by atoms with Gasteiger partial charge in [-0.2, -0.15) is 0 Å². The van der Waals surface area contributed by atoms with E-state index >= 15 is 0 Å². The van der Waals surface area contributed by atoms with Gasteiger partial charge in [0.05, 0.1) is 17.2 Å². The average molecular weight is 377 g/mol. The van der Waals surface area contributed by atoms with Crippen LogP contribution in [0.1, 0.15) is 28.8 Å². The van der Waals surface area contributed by atoms with Gasteiger partial charge in [0.1, 0.15) is 0 Å². The lowest BCUT2D eigenvalue weighted by Gasteiger charge is -2.28. The summed E-state index contributed by atoms with van der Waals surface area (Å²) in [6.45, 7) is 1.93. The zero-order chi connectivity index (χ0) is 20.1. The summed E-state index contributed by atoms with van der Waals surface area (Å²) < 4.78 is 0. The number of carbonyl (C=O) groups excluding carboxylic acids is 3. The summed E-state index contributed by atoms with van der Waals surface area (Å²) in [6, 6.07) is 14.0. The molecule has 2 aromatic rings. The molecule has 0 spiro atoms. The van der Waals surface area contributed by atoms with Gasteiger partial charge in [-0.3, -0.25) is 9.59 Å². The molecule has 2 aromatic carbocycles. The van der Waals surface area contributed by atoms with E-state index in [9.17, 15) is 19.5 Å². The highest BCUT2D eigenvalue weighted by atomic mass is 16.4. The Hall–Kier alpha value is -3.41. The smallest absolute Gasteiger partial charge is 0.257 e. The van der Waals surface area contributed by atoms with Crippen molar-refractivity contribution in [2.45, 2.75) is 19.8 Å². The molecule has 28 heavy (non-hydrogen) atoms. The minimum Gasteiger partial charge on any atom is -0.550 e. The normalized spacial score (nSPS) is 18.3. The highest BCUT2D eigenvalue weighted by Gasteiger charge is 2.30. The number of aryl methyl sites for hydroxylation is 1. The van der Waals surface area contributed by atoms with Crippen LogP contribution in [0.25, 0.3) is 0 Å². The van der Waals surface area contributed by atoms with E-state index in [4.69, 9.17) is 0 Å². The Labute approximate surface area is 163 Å². The van der Waals surface area contributed by atoms with Crippen molar-refractivity contribution >= 4 is 29.2 Å². The summed E-state index contributed by atoms with van der Waals surface area (Å²) >= 11 is 0. The molecule has 2 amide bonds. The Bertz CT molecular complexity index is 936. The fourth-order valence-corrected chi connectivity index (χ4v) is 3.30. The first-order valence-corrected chi connectivity index (χ1v) is 9.09. The summed E-state index contributed by atoms with van der Waals surface area (Å²) in [5.41, 5.74) is 2.30. The van der Waals surface area contributed by atoms with Crippen LogP contribution in [0.4, 0.5) is 11.4 Å². The van der Waals surface area contributed by atoms with Crippen LogP contribution in [-0.2, 0) is 9.59 Å². The van der Waals surface area contributed by atoms with Gasteiger partial charge in [0.15, 0.2) is 0 Å². The first-order chi connectivity index (χ1) is 13.5. The van der Waals surface area contributed by atoms with Gasteiger partial charge in [-0.1, -0.05) is 36.4 Å². The van der Waals surface area contributed by atoms with Crippen LogP contribution in [-0.4, -0.2) is 17.8 Å². The Morgan fingerprint density at radius 1 is 0.929 bits per heavy atom. The molecule has 3 rings (SSSR count). The molecule has 0 unspecified atom stereocenters.